The van der Waals surface area contributed by atoms with Gasteiger partial charge in [-0.25, -0.2) is 0 Å². The van der Waals surface area contributed by atoms with E-state index in [4.69, 9.17) is 9.52 Å². The Morgan fingerprint density at radius 3 is 2.69 bits per heavy atom. The lowest BCUT2D eigenvalue weighted by Crippen LogP contribution is -2.40. The quantitative estimate of drug-likeness (QED) is 0.831. The predicted octanol–water partition coefficient (Wildman–Crippen LogP) is 1.24. The Hall–Kier alpha value is -1.50. The van der Waals surface area contributed by atoms with Gasteiger partial charge in [-0.2, -0.15) is 13.2 Å². The van der Waals surface area contributed by atoms with Gasteiger partial charge >= 0.3 is 6.18 Å². The summed E-state index contributed by atoms with van der Waals surface area (Å²) in [6.07, 6.45) is -6.17. The molecule has 1 amide bonds. The number of carbonyl (C=O) groups is 1. The SMILES string of the molecule is Cc1cc(C(=O)NCC(O)C(F)(F)F)co1. The molecule has 0 saturated heterocycles. The van der Waals surface area contributed by atoms with Crippen LogP contribution < -0.4 is 5.32 Å². The summed E-state index contributed by atoms with van der Waals surface area (Å²) < 4.78 is 40.5. The van der Waals surface area contributed by atoms with Gasteiger partial charge in [-0.3, -0.25) is 4.79 Å². The molecule has 1 rings (SSSR count). The topological polar surface area (TPSA) is 62.5 Å². The van der Waals surface area contributed by atoms with Crippen molar-refractivity contribution in [2.45, 2.75) is 19.2 Å². The normalized spacial score (nSPS) is 13.6. The second-order valence-corrected chi connectivity index (χ2v) is 3.21. The smallest absolute Gasteiger partial charge is 0.416 e. The summed E-state index contributed by atoms with van der Waals surface area (Å²) in [5.74, 6) is -0.248. The number of aliphatic hydroxyl groups excluding tert-OH is 1. The number of nitrogens with one attached hydrogen (secondary N) is 1. The lowest BCUT2D eigenvalue weighted by molar-refractivity contribution is -0.201. The minimum absolute atomic E-state index is 0.117. The van der Waals surface area contributed by atoms with E-state index < -0.39 is 24.7 Å². The van der Waals surface area contributed by atoms with Crippen LogP contribution >= 0.6 is 0 Å². The standard InChI is InChI=1S/C9H10F3NO3/c1-5-2-6(4-16-5)8(15)13-3-7(14)9(10,11)12/h2,4,7,14H,3H2,1H3,(H,13,15). The van der Waals surface area contributed by atoms with Crippen LogP contribution in [0.1, 0.15) is 16.1 Å². The van der Waals surface area contributed by atoms with Gasteiger partial charge in [0.2, 0.25) is 0 Å². The maximum Gasteiger partial charge on any atom is 0.416 e. The molecule has 16 heavy (non-hydrogen) atoms. The Bertz CT molecular complexity index is 372. The van der Waals surface area contributed by atoms with Gasteiger partial charge < -0.3 is 14.8 Å². The fraction of sp³-hybridized carbons (Fsp3) is 0.444. The first-order valence-corrected chi connectivity index (χ1v) is 4.39. The highest BCUT2D eigenvalue weighted by atomic mass is 19.4. The maximum absolute atomic E-state index is 11.9. The number of furan rings is 1. The van der Waals surface area contributed by atoms with Crippen LogP contribution in [-0.2, 0) is 0 Å². The highest BCUT2D eigenvalue weighted by molar-refractivity contribution is 5.93. The summed E-state index contributed by atoms with van der Waals surface area (Å²) >= 11 is 0. The van der Waals surface area contributed by atoms with Gasteiger partial charge in [0.25, 0.3) is 5.91 Å². The third-order valence-corrected chi connectivity index (χ3v) is 1.83. The Balaban J connectivity index is 2.48. The monoisotopic (exact) mass is 237 g/mol. The molecule has 1 unspecified atom stereocenters. The fourth-order valence-corrected chi connectivity index (χ4v) is 0.970. The first kappa shape index (κ1) is 12.6. The molecule has 0 spiro atoms. The molecule has 0 aromatic carbocycles. The van der Waals surface area contributed by atoms with Crippen molar-refractivity contribution in [2.75, 3.05) is 6.54 Å². The molecule has 0 aliphatic carbocycles. The van der Waals surface area contributed by atoms with E-state index >= 15 is 0 Å². The lowest BCUT2D eigenvalue weighted by atomic mass is 10.3. The molecule has 1 aromatic rings. The first-order valence-electron chi connectivity index (χ1n) is 4.39. The number of aryl methyl sites for hydroxylation is 1. The van der Waals surface area contributed by atoms with Gasteiger partial charge in [0.05, 0.1) is 12.1 Å². The van der Waals surface area contributed by atoms with Gasteiger partial charge in [-0.15, -0.1) is 0 Å². The van der Waals surface area contributed by atoms with Crippen molar-refractivity contribution in [3.05, 3.63) is 23.7 Å². The first-order chi connectivity index (χ1) is 7.30. The highest BCUT2D eigenvalue weighted by Gasteiger charge is 2.38. The molecule has 7 heteroatoms. The Morgan fingerprint density at radius 1 is 1.62 bits per heavy atom. The second kappa shape index (κ2) is 4.56. The van der Waals surface area contributed by atoms with Gasteiger partial charge in [0.15, 0.2) is 6.10 Å². The minimum Gasteiger partial charge on any atom is -0.469 e. The lowest BCUT2D eigenvalue weighted by Gasteiger charge is -2.14. The maximum atomic E-state index is 11.9. The number of rotatable bonds is 3. The van der Waals surface area contributed by atoms with Crippen LogP contribution in [0.2, 0.25) is 0 Å². The van der Waals surface area contributed by atoms with Crippen molar-refractivity contribution in [3.8, 4) is 0 Å². The van der Waals surface area contributed by atoms with Crippen molar-refractivity contribution in [3.63, 3.8) is 0 Å². The van der Waals surface area contributed by atoms with Crippen molar-refractivity contribution in [2.24, 2.45) is 0 Å². The van der Waals surface area contributed by atoms with E-state index in [1.54, 1.807) is 6.92 Å². The van der Waals surface area contributed by atoms with E-state index in [2.05, 4.69) is 0 Å². The molecule has 0 saturated carbocycles. The molecule has 1 heterocycles. The molecular formula is C9H10F3NO3. The Kier molecular flexibility index (Phi) is 3.58. The second-order valence-electron chi connectivity index (χ2n) is 3.21. The van der Waals surface area contributed by atoms with Crippen molar-refractivity contribution in [1.82, 2.24) is 5.32 Å². The third kappa shape index (κ3) is 3.27. The van der Waals surface area contributed by atoms with E-state index in [-0.39, 0.29) is 5.56 Å². The zero-order valence-electron chi connectivity index (χ0n) is 8.34. The van der Waals surface area contributed by atoms with E-state index in [9.17, 15) is 18.0 Å². The van der Waals surface area contributed by atoms with Crippen molar-refractivity contribution >= 4 is 5.91 Å². The molecule has 0 aliphatic heterocycles. The molecular weight excluding hydrogens is 227 g/mol. The third-order valence-electron chi connectivity index (χ3n) is 1.83. The van der Waals surface area contributed by atoms with Crippen LogP contribution in [0.25, 0.3) is 0 Å². The molecule has 0 bridgehead atoms. The molecule has 0 radical (unpaired) electrons. The number of halogens is 3. The molecule has 2 N–H and O–H groups in total. The molecule has 0 fully saturated rings. The van der Waals surface area contributed by atoms with Crippen LogP contribution in [0.3, 0.4) is 0 Å². The van der Waals surface area contributed by atoms with E-state index in [0.29, 0.717) is 5.76 Å². The van der Waals surface area contributed by atoms with Gasteiger partial charge in [0, 0.05) is 0 Å². The number of alkyl halides is 3. The minimum atomic E-state index is -4.74. The number of hydrogen-bond acceptors (Lipinski definition) is 3. The van der Waals surface area contributed by atoms with E-state index in [1.165, 1.54) is 6.07 Å². The summed E-state index contributed by atoms with van der Waals surface area (Å²) in [4.78, 5) is 11.2. The van der Waals surface area contributed by atoms with Crippen LogP contribution in [0.15, 0.2) is 16.7 Å². The predicted molar refractivity (Wildman–Crippen MR) is 47.8 cm³/mol. The Morgan fingerprint density at radius 2 is 2.25 bits per heavy atom. The zero-order chi connectivity index (χ0) is 12.3. The molecule has 0 aliphatic rings. The fourth-order valence-electron chi connectivity index (χ4n) is 0.970. The zero-order valence-corrected chi connectivity index (χ0v) is 8.34. The number of amides is 1. The van der Waals surface area contributed by atoms with E-state index in [1.807, 2.05) is 5.32 Å². The average molecular weight is 237 g/mol. The van der Waals surface area contributed by atoms with Gasteiger partial charge in [0.1, 0.15) is 12.0 Å². The summed E-state index contributed by atoms with van der Waals surface area (Å²) in [5.41, 5.74) is 0.117. The largest absolute Gasteiger partial charge is 0.469 e. The summed E-state index contributed by atoms with van der Waals surface area (Å²) in [7, 11) is 0. The molecule has 90 valence electrons. The molecule has 4 nitrogen and oxygen atoms in total. The van der Waals surface area contributed by atoms with Crippen LogP contribution in [0.5, 0.6) is 0 Å². The summed E-state index contributed by atoms with van der Waals surface area (Å²) in [6.45, 7) is 0.716. The summed E-state index contributed by atoms with van der Waals surface area (Å²) in [5, 5.41) is 10.6. The van der Waals surface area contributed by atoms with Crippen LogP contribution in [0, 0.1) is 6.92 Å². The van der Waals surface area contributed by atoms with Crippen LogP contribution in [-0.4, -0.2) is 29.8 Å². The number of aliphatic hydroxyl groups is 1. The molecule has 1 atom stereocenters. The van der Waals surface area contributed by atoms with Crippen molar-refractivity contribution < 1.29 is 27.5 Å². The summed E-state index contributed by atoms with van der Waals surface area (Å²) in [6, 6.07) is 1.38. The van der Waals surface area contributed by atoms with E-state index in [0.717, 1.165) is 6.26 Å². The average Bonchev–Trinajstić information content (AvgIpc) is 2.59. The molecule has 1 aromatic heterocycles. The van der Waals surface area contributed by atoms with Crippen molar-refractivity contribution in [1.29, 1.82) is 0 Å². The number of hydrogen-bond donors (Lipinski definition) is 2. The van der Waals surface area contributed by atoms with Crippen LogP contribution in [0.4, 0.5) is 13.2 Å². The Labute approximate surface area is 89.1 Å². The van der Waals surface area contributed by atoms with Gasteiger partial charge in [-0.1, -0.05) is 0 Å². The number of carbonyl (C=O) groups excluding carboxylic acids is 1. The highest BCUT2D eigenvalue weighted by Crippen LogP contribution is 2.19. The van der Waals surface area contributed by atoms with Gasteiger partial charge in [-0.05, 0) is 13.0 Å².